The number of nitrogens with one attached hydrogen (secondary N) is 1. The summed E-state index contributed by atoms with van der Waals surface area (Å²) in [5.41, 5.74) is 7.61. The molecule has 0 aliphatic carbocycles. The summed E-state index contributed by atoms with van der Waals surface area (Å²) in [7, 11) is 0. The van der Waals surface area contributed by atoms with Crippen molar-refractivity contribution >= 4 is 27.5 Å². The SMILES string of the molecule is Cc1cccc(NC(=O)C(N)C(C)C)c1Br. The Morgan fingerprint density at radius 2 is 2.06 bits per heavy atom. The highest BCUT2D eigenvalue weighted by atomic mass is 79.9. The van der Waals surface area contributed by atoms with Crippen molar-refractivity contribution in [3.8, 4) is 0 Å². The molecule has 0 saturated carbocycles. The maximum atomic E-state index is 11.8. The van der Waals surface area contributed by atoms with E-state index in [0.717, 1.165) is 15.7 Å². The number of carbonyl (C=O) groups is 1. The van der Waals surface area contributed by atoms with E-state index >= 15 is 0 Å². The Morgan fingerprint density at radius 3 is 2.62 bits per heavy atom. The van der Waals surface area contributed by atoms with Crippen LogP contribution >= 0.6 is 15.9 Å². The molecule has 1 aromatic rings. The smallest absolute Gasteiger partial charge is 0.241 e. The lowest BCUT2D eigenvalue weighted by Crippen LogP contribution is -2.39. The predicted molar refractivity (Wildman–Crippen MR) is 70.3 cm³/mol. The minimum atomic E-state index is -0.479. The molecular weight excluding hydrogens is 268 g/mol. The van der Waals surface area contributed by atoms with Gasteiger partial charge in [0.25, 0.3) is 0 Å². The monoisotopic (exact) mass is 284 g/mol. The van der Waals surface area contributed by atoms with E-state index in [1.54, 1.807) is 0 Å². The van der Waals surface area contributed by atoms with Gasteiger partial charge in [-0.05, 0) is 40.4 Å². The fraction of sp³-hybridized carbons (Fsp3) is 0.417. The number of carbonyl (C=O) groups excluding carboxylic acids is 1. The first kappa shape index (κ1) is 13.2. The Bertz CT molecular complexity index is 391. The Kier molecular flexibility index (Phi) is 4.50. The molecule has 0 fully saturated rings. The van der Waals surface area contributed by atoms with Crippen LogP contribution in [0.4, 0.5) is 5.69 Å². The van der Waals surface area contributed by atoms with E-state index in [9.17, 15) is 4.79 Å². The van der Waals surface area contributed by atoms with E-state index in [0.29, 0.717) is 0 Å². The second-order valence-corrected chi connectivity index (χ2v) is 4.99. The summed E-state index contributed by atoms with van der Waals surface area (Å²) >= 11 is 3.44. The molecule has 3 nitrogen and oxygen atoms in total. The van der Waals surface area contributed by atoms with Crippen LogP contribution in [0, 0.1) is 12.8 Å². The average molecular weight is 285 g/mol. The molecule has 88 valence electrons. The van der Waals surface area contributed by atoms with Crippen LogP contribution in [-0.4, -0.2) is 11.9 Å². The molecule has 4 heteroatoms. The highest BCUT2D eigenvalue weighted by Crippen LogP contribution is 2.25. The zero-order valence-electron chi connectivity index (χ0n) is 9.75. The number of hydrogen-bond donors (Lipinski definition) is 2. The van der Waals surface area contributed by atoms with Crippen LogP contribution in [0.15, 0.2) is 22.7 Å². The fourth-order valence-electron chi connectivity index (χ4n) is 1.26. The van der Waals surface area contributed by atoms with Crippen LogP contribution < -0.4 is 11.1 Å². The summed E-state index contributed by atoms with van der Waals surface area (Å²) in [4.78, 5) is 11.8. The van der Waals surface area contributed by atoms with E-state index < -0.39 is 6.04 Å². The first-order valence-corrected chi connectivity index (χ1v) is 6.04. The van der Waals surface area contributed by atoms with Gasteiger partial charge in [-0.25, -0.2) is 0 Å². The van der Waals surface area contributed by atoms with Crippen molar-refractivity contribution in [2.75, 3.05) is 5.32 Å². The maximum absolute atomic E-state index is 11.8. The van der Waals surface area contributed by atoms with E-state index in [2.05, 4.69) is 21.2 Å². The third-order valence-corrected chi connectivity index (χ3v) is 3.52. The first-order valence-electron chi connectivity index (χ1n) is 5.25. The van der Waals surface area contributed by atoms with E-state index in [1.165, 1.54) is 0 Å². The number of rotatable bonds is 3. The van der Waals surface area contributed by atoms with Crippen LogP contribution in [0.3, 0.4) is 0 Å². The van der Waals surface area contributed by atoms with Crippen molar-refractivity contribution in [1.82, 2.24) is 0 Å². The first-order chi connectivity index (χ1) is 7.43. The Hall–Kier alpha value is -0.870. The third kappa shape index (κ3) is 3.06. The van der Waals surface area contributed by atoms with Crippen LogP contribution in [0.2, 0.25) is 0 Å². The number of benzene rings is 1. The van der Waals surface area contributed by atoms with Gasteiger partial charge in [0, 0.05) is 4.47 Å². The molecule has 0 aliphatic heterocycles. The molecule has 1 rings (SSSR count). The summed E-state index contributed by atoms with van der Waals surface area (Å²) in [6.45, 7) is 5.83. The van der Waals surface area contributed by atoms with E-state index in [-0.39, 0.29) is 11.8 Å². The molecule has 16 heavy (non-hydrogen) atoms. The minimum Gasteiger partial charge on any atom is -0.324 e. The maximum Gasteiger partial charge on any atom is 0.241 e. The van der Waals surface area contributed by atoms with Crippen LogP contribution in [0.1, 0.15) is 19.4 Å². The number of halogens is 1. The van der Waals surface area contributed by atoms with Gasteiger partial charge < -0.3 is 11.1 Å². The quantitative estimate of drug-likeness (QED) is 0.897. The van der Waals surface area contributed by atoms with Crippen molar-refractivity contribution in [1.29, 1.82) is 0 Å². The molecule has 0 spiro atoms. The van der Waals surface area contributed by atoms with Crippen molar-refractivity contribution in [2.24, 2.45) is 11.7 Å². The number of amides is 1. The van der Waals surface area contributed by atoms with Gasteiger partial charge >= 0.3 is 0 Å². The third-order valence-electron chi connectivity index (χ3n) is 2.47. The molecular formula is C12H17BrN2O. The van der Waals surface area contributed by atoms with E-state index in [1.807, 2.05) is 39.0 Å². The number of hydrogen-bond acceptors (Lipinski definition) is 2. The van der Waals surface area contributed by atoms with Crippen molar-refractivity contribution < 1.29 is 4.79 Å². The number of anilines is 1. The Labute approximate surface area is 105 Å². The number of nitrogens with two attached hydrogens (primary N) is 1. The minimum absolute atomic E-state index is 0.128. The van der Waals surface area contributed by atoms with Gasteiger partial charge in [-0.2, -0.15) is 0 Å². The van der Waals surface area contributed by atoms with Gasteiger partial charge in [-0.3, -0.25) is 4.79 Å². The lowest BCUT2D eigenvalue weighted by Gasteiger charge is -2.16. The summed E-state index contributed by atoms with van der Waals surface area (Å²) in [5, 5.41) is 2.82. The van der Waals surface area contributed by atoms with Crippen molar-refractivity contribution in [3.05, 3.63) is 28.2 Å². The average Bonchev–Trinajstić information content (AvgIpc) is 2.23. The summed E-state index contributed by atoms with van der Waals surface area (Å²) < 4.78 is 0.902. The van der Waals surface area contributed by atoms with Gasteiger partial charge in [-0.1, -0.05) is 26.0 Å². The Morgan fingerprint density at radius 1 is 1.44 bits per heavy atom. The van der Waals surface area contributed by atoms with Crippen LogP contribution in [-0.2, 0) is 4.79 Å². The fourth-order valence-corrected chi connectivity index (χ4v) is 1.63. The molecule has 0 bridgehead atoms. The summed E-state index contributed by atoms with van der Waals surface area (Å²) in [5.74, 6) is -0.0233. The topological polar surface area (TPSA) is 55.1 Å². The Balaban J connectivity index is 2.81. The van der Waals surface area contributed by atoms with Crippen LogP contribution in [0.5, 0.6) is 0 Å². The molecule has 1 aromatic carbocycles. The molecule has 0 heterocycles. The molecule has 1 unspecified atom stereocenters. The van der Waals surface area contributed by atoms with Gasteiger partial charge in [0.15, 0.2) is 0 Å². The second-order valence-electron chi connectivity index (χ2n) is 4.20. The summed E-state index contributed by atoms with van der Waals surface area (Å²) in [6, 6.07) is 5.24. The summed E-state index contributed by atoms with van der Waals surface area (Å²) in [6.07, 6.45) is 0. The normalized spacial score (nSPS) is 12.6. The predicted octanol–water partition coefficient (Wildman–Crippen LogP) is 2.68. The standard InChI is InChI=1S/C12H17BrN2O/c1-7(2)11(14)12(16)15-9-6-4-5-8(3)10(9)13/h4-7,11H,14H2,1-3H3,(H,15,16). The second kappa shape index (κ2) is 5.46. The van der Waals surface area contributed by atoms with Gasteiger partial charge in [-0.15, -0.1) is 0 Å². The zero-order valence-corrected chi connectivity index (χ0v) is 11.3. The zero-order chi connectivity index (χ0) is 12.3. The molecule has 0 radical (unpaired) electrons. The molecule has 0 aromatic heterocycles. The van der Waals surface area contributed by atoms with Gasteiger partial charge in [0.2, 0.25) is 5.91 Å². The van der Waals surface area contributed by atoms with Gasteiger partial charge in [0.1, 0.15) is 0 Å². The van der Waals surface area contributed by atoms with Crippen molar-refractivity contribution in [3.63, 3.8) is 0 Å². The molecule has 1 atom stereocenters. The highest BCUT2D eigenvalue weighted by molar-refractivity contribution is 9.10. The highest BCUT2D eigenvalue weighted by Gasteiger charge is 2.18. The molecule has 1 amide bonds. The van der Waals surface area contributed by atoms with Gasteiger partial charge in [0.05, 0.1) is 11.7 Å². The molecule has 0 saturated heterocycles. The lowest BCUT2D eigenvalue weighted by molar-refractivity contribution is -0.118. The molecule has 3 N–H and O–H groups in total. The van der Waals surface area contributed by atoms with Crippen molar-refractivity contribution in [2.45, 2.75) is 26.8 Å². The lowest BCUT2D eigenvalue weighted by atomic mass is 10.0. The largest absolute Gasteiger partial charge is 0.324 e. The van der Waals surface area contributed by atoms with Crippen LogP contribution in [0.25, 0.3) is 0 Å². The molecule has 0 aliphatic rings. The number of aryl methyl sites for hydroxylation is 1. The van der Waals surface area contributed by atoms with E-state index in [4.69, 9.17) is 5.73 Å².